The molecule has 1 fully saturated rings. The van der Waals surface area contributed by atoms with Crippen LogP contribution in [0.2, 0.25) is 5.02 Å². The molecule has 110 valence electrons. The highest BCUT2D eigenvalue weighted by Gasteiger charge is 2.31. The van der Waals surface area contributed by atoms with E-state index >= 15 is 0 Å². The number of nitrogens with zero attached hydrogens (tertiary/aromatic N) is 1. The van der Waals surface area contributed by atoms with Gasteiger partial charge in [-0.25, -0.2) is 0 Å². The number of halogens is 1. The van der Waals surface area contributed by atoms with Crippen molar-refractivity contribution in [2.24, 2.45) is 0 Å². The van der Waals surface area contributed by atoms with Crippen LogP contribution in [-0.4, -0.2) is 43.1 Å². The first-order chi connectivity index (χ1) is 9.63. The molecule has 0 aromatic heterocycles. The zero-order valence-electron chi connectivity index (χ0n) is 11.9. The Hall–Kier alpha value is -1.26. The molecule has 1 aliphatic rings. The Morgan fingerprint density at radius 2 is 2.30 bits per heavy atom. The van der Waals surface area contributed by atoms with Gasteiger partial charge in [0.25, 0.3) is 5.91 Å². The number of rotatable bonds is 5. The summed E-state index contributed by atoms with van der Waals surface area (Å²) in [7, 11) is 1.91. The van der Waals surface area contributed by atoms with Gasteiger partial charge in [-0.05, 0) is 38.9 Å². The second kappa shape index (κ2) is 6.95. The largest absolute Gasteiger partial charge is 0.479 e. The number of amides is 1. The fourth-order valence-electron chi connectivity index (χ4n) is 2.59. The van der Waals surface area contributed by atoms with E-state index in [0.717, 1.165) is 25.9 Å². The van der Waals surface area contributed by atoms with Crippen LogP contribution in [0.3, 0.4) is 0 Å². The zero-order valence-corrected chi connectivity index (χ0v) is 12.7. The number of carbonyl (C=O) groups excluding carboxylic acids is 1. The Kier molecular flexibility index (Phi) is 5.26. The van der Waals surface area contributed by atoms with E-state index in [9.17, 15) is 4.79 Å². The first-order valence-corrected chi connectivity index (χ1v) is 7.37. The van der Waals surface area contributed by atoms with Gasteiger partial charge in [-0.1, -0.05) is 23.7 Å². The molecular weight excluding hydrogens is 276 g/mol. The lowest BCUT2D eigenvalue weighted by Crippen LogP contribution is -2.46. The molecule has 4 nitrogen and oxygen atoms in total. The molecule has 1 N–H and O–H groups in total. The fraction of sp³-hybridized carbons (Fsp3) is 0.533. The smallest absolute Gasteiger partial charge is 0.263 e. The minimum absolute atomic E-state index is 0.0302. The van der Waals surface area contributed by atoms with Crippen molar-refractivity contribution in [3.05, 3.63) is 29.3 Å². The van der Waals surface area contributed by atoms with E-state index in [1.807, 2.05) is 24.1 Å². The summed E-state index contributed by atoms with van der Waals surface area (Å²) >= 11 is 6.05. The van der Waals surface area contributed by atoms with Crippen molar-refractivity contribution in [1.82, 2.24) is 10.2 Å². The van der Waals surface area contributed by atoms with Gasteiger partial charge in [0.2, 0.25) is 0 Å². The lowest BCUT2D eigenvalue weighted by molar-refractivity contribution is -0.138. The van der Waals surface area contributed by atoms with Crippen molar-refractivity contribution < 1.29 is 9.53 Å². The number of nitrogens with one attached hydrogen (secondary N) is 1. The van der Waals surface area contributed by atoms with Crippen LogP contribution in [0.4, 0.5) is 0 Å². The minimum atomic E-state index is -0.521. The predicted molar refractivity (Wildman–Crippen MR) is 80.2 cm³/mol. The minimum Gasteiger partial charge on any atom is -0.479 e. The predicted octanol–water partition coefficient (Wildman–Crippen LogP) is 2.32. The van der Waals surface area contributed by atoms with E-state index in [1.165, 1.54) is 0 Å². The molecule has 1 saturated heterocycles. The molecule has 2 rings (SSSR count). The summed E-state index contributed by atoms with van der Waals surface area (Å²) in [5.74, 6) is 0.585. The monoisotopic (exact) mass is 296 g/mol. The van der Waals surface area contributed by atoms with Crippen molar-refractivity contribution in [1.29, 1.82) is 0 Å². The molecule has 20 heavy (non-hydrogen) atoms. The maximum atomic E-state index is 12.5. The van der Waals surface area contributed by atoms with Crippen LogP contribution in [0.15, 0.2) is 24.3 Å². The molecule has 0 bridgehead atoms. The Bertz CT molecular complexity index is 467. The van der Waals surface area contributed by atoms with Crippen molar-refractivity contribution in [2.45, 2.75) is 31.9 Å². The summed E-state index contributed by atoms with van der Waals surface area (Å²) in [6.45, 7) is 3.41. The summed E-state index contributed by atoms with van der Waals surface area (Å²) in [5, 5.41) is 3.66. The van der Waals surface area contributed by atoms with Crippen LogP contribution in [0.25, 0.3) is 0 Å². The Morgan fingerprint density at radius 3 is 3.00 bits per heavy atom. The first-order valence-electron chi connectivity index (χ1n) is 6.99. The van der Waals surface area contributed by atoms with E-state index < -0.39 is 6.10 Å². The molecule has 1 heterocycles. The lowest BCUT2D eigenvalue weighted by Gasteiger charge is -2.27. The fourth-order valence-corrected chi connectivity index (χ4v) is 2.77. The van der Waals surface area contributed by atoms with Crippen LogP contribution >= 0.6 is 11.6 Å². The third kappa shape index (κ3) is 3.44. The molecule has 1 aromatic rings. The molecule has 0 unspecified atom stereocenters. The molecular formula is C15H21ClN2O2. The van der Waals surface area contributed by atoms with Gasteiger partial charge in [-0.3, -0.25) is 4.79 Å². The van der Waals surface area contributed by atoms with E-state index in [4.69, 9.17) is 16.3 Å². The maximum Gasteiger partial charge on any atom is 0.263 e. The second-order valence-corrected chi connectivity index (χ2v) is 5.48. The van der Waals surface area contributed by atoms with Crippen molar-refractivity contribution in [3.63, 3.8) is 0 Å². The van der Waals surface area contributed by atoms with Crippen molar-refractivity contribution >= 4 is 17.5 Å². The third-order valence-corrected chi connectivity index (χ3v) is 3.90. The molecule has 1 aliphatic heterocycles. The number of likely N-dealkylation sites (tertiary alicyclic amines) is 1. The molecule has 5 heteroatoms. The van der Waals surface area contributed by atoms with Gasteiger partial charge < -0.3 is 15.0 Å². The molecule has 0 aliphatic carbocycles. The van der Waals surface area contributed by atoms with Gasteiger partial charge in [-0.2, -0.15) is 0 Å². The average molecular weight is 297 g/mol. The van der Waals surface area contributed by atoms with E-state index in [2.05, 4.69) is 5.32 Å². The maximum absolute atomic E-state index is 12.5. The average Bonchev–Trinajstić information content (AvgIpc) is 2.89. The molecule has 0 saturated carbocycles. The number of para-hydroxylation sites is 1. The Labute approximate surface area is 125 Å². The van der Waals surface area contributed by atoms with Crippen molar-refractivity contribution in [3.8, 4) is 5.75 Å². The van der Waals surface area contributed by atoms with Gasteiger partial charge in [0.1, 0.15) is 5.75 Å². The molecule has 1 aromatic carbocycles. The number of carbonyl (C=O) groups is 1. The normalized spacial score (nSPS) is 19.9. The summed E-state index contributed by atoms with van der Waals surface area (Å²) in [6, 6.07) is 7.49. The van der Waals surface area contributed by atoms with Gasteiger partial charge in [0.05, 0.1) is 5.02 Å². The van der Waals surface area contributed by atoms with Crippen molar-refractivity contribution in [2.75, 3.05) is 20.1 Å². The third-order valence-electron chi connectivity index (χ3n) is 3.59. The number of hydrogen-bond acceptors (Lipinski definition) is 3. The highest BCUT2D eigenvalue weighted by Crippen LogP contribution is 2.25. The van der Waals surface area contributed by atoms with Crippen LogP contribution in [-0.2, 0) is 4.79 Å². The topological polar surface area (TPSA) is 41.6 Å². The van der Waals surface area contributed by atoms with Crippen LogP contribution < -0.4 is 10.1 Å². The SMILES string of the molecule is CNC[C@@H]1CCCN1C(=O)[C@@H](C)Oc1ccccc1Cl. The lowest BCUT2D eigenvalue weighted by atomic mass is 10.2. The number of hydrogen-bond donors (Lipinski definition) is 1. The van der Waals surface area contributed by atoms with E-state index in [1.54, 1.807) is 19.1 Å². The second-order valence-electron chi connectivity index (χ2n) is 5.08. The highest BCUT2D eigenvalue weighted by molar-refractivity contribution is 6.32. The van der Waals surface area contributed by atoms with Gasteiger partial charge >= 0.3 is 0 Å². The molecule has 1 amide bonds. The molecule has 0 spiro atoms. The highest BCUT2D eigenvalue weighted by atomic mass is 35.5. The van der Waals surface area contributed by atoms with Gasteiger partial charge in [-0.15, -0.1) is 0 Å². The van der Waals surface area contributed by atoms with E-state index in [-0.39, 0.29) is 11.9 Å². The number of ether oxygens (including phenoxy) is 1. The number of likely N-dealkylation sites (N-methyl/N-ethyl adjacent to an activating group) is 1. The Morgan fingerprint density at radius 1 is 1.55 bits per heavy atom. The summed E-state index contributed by atoms with van der Waals surface area (Å²) < 4.78 is 5.70. The first kappa shape index (κ1) is 15.1. The zero-order chi connectivity index (χ0) is 14.5. The van der Waals surface area contributed by atoms with Crippen LogP contribution in [0, 0.1) is 0 Å². The molecule has 0 radical (unpaired) electrons. The van der Waals surface area contributed by atoms with Crippen LogP contribution in [0.1, 0.15) is 19.8 Å². The Balaban J connectivity index is 2.00. The van der Waals surface area contributed by atoms with Crippen LogP contribution in [0.5, 0.6) is 5.75 Å². The summed E-state index contributed by atoms with van der Waals surface area (Å²) in [6.07, 6.45) is 1.58. The quantitative estimate of drug-likeness (QED) is 0.907. The summed E-state index contributed by atoms with van der Waals surface area (Å²) in [5.41, 5.74) is 0. The number of benzene rings is 1. The summed E-state index contributed by atoms with van der Waals surface area (Å²) in [4.78, 5) is 14.4. The standard InChI is InChI=1S/C15H21ClN2O2/c1-11(20-14-8-4-3-7-13(14)16)15(19)18-9-5-6-12(18)10-17-2/h3-4,7-8,11-12,17H,5-6,9-10H2,1-2H3/t11-,12+/m1/s1. The molecule has 2 atom stereocenters. The van der Waals surface area contributed by atoms with Gasteiger partial charge in [0, 0.05) is 19.1 Å². The van der Waals surface area contributed by atoms with E-state index in [0.29, 0.717) is 10.8 Å². The van der Waals surface area contributed by atoms with Gasteiger partial charge in [0.15, 0.2) is 6.10 Å².